The minimum absolute atomic E-state index is 1.12. The summed E-state index contributed by atoms with van der Waals surface area (Å²) in [5.41, 5.74) is 13.4. The second kappa shape index (κ2) is 10.6. The lowest BCUT2D eigenvalue weighted by Crippen LogP contribution is -2.13. The maximum Gasteiger partial charge on any atom is 0.0764 e. The molecule has 0 N–H and O–H groups in total. The first-order chi connectivity index (χ1) is 18.2. The van der Waals surface area contributed by atoms with Gasteiger partial charge in [0.2, 0.25) is 0 Å². The summed E-state index contributed by atoms with van der Waals surface area (Å²) in [6.45, 7) is 0. The highest BCUT2D eigenvalue weighted by molar-refractivity contribution is 9.10. The van der Waals surface area contributed by atoms with E-state index < -0.39 is 0 Å². The first kappa shape index (κ1) is 24.0. The molecule has 182 valence electrons. The first-order valence-electron chi connectivity index (χ1n) is 12.6. The molecular formula is C33H26Br2N2. The number of anilines is 2. The SMILES string of the molecule is BrN1C=CN(Br)c2ccccc21.C1=Cc2ccccc2C(=C2CCCc3ccccc32)c2ccccc21. The quantitative estimate of drug-likeness (QED) is 0.161. The summed E-state index contributed by atoms with van der Waals surface area (Å²) in [4.78, 5) is 0. The minimum Gasteiger partial charge on any atom is -0.281 e. The number of nitrogens with zero attached hydrogens (tertiary/aromatic N) is 2. The maximum absolute atomic E-state index is 3.41. The van der Waals surface area contributed by atoms with Crippen molar-refractivity contribution < 1.29 is 0 Å². The Bertz CT molecular complexity index is 1470. The van der Waals surface area contributed by atoms with E-state index in [0.29, 0.717) is 0 Å². The van der Waals surface area contributed by atoms with Crippen LogP contribution in [0, 0.1) is 0 Å². The number of fused-ring (bicyclic) bond motifs is 4. The molecule has 0 aromatic heterocycles. The van der Waals surface area contributed by atoms with Crippen LogP contribution in [0.2, 0.25) is 0 Å². The number of para-hydroxylation sites is 2. The molecule has 2 nitrogen and oxygen atoms in total. The van der Waals surface area contributed by atoms with Crippen molar-refractivity contribution in [1.82, 2.24) is 0 Å². The fourth-order valence-electron chi connectivity index (χ4n) is 5.38. The van der Waals surface area contributed by atoms with Crippen molar-refractivity contribution in [3.63, 3.8) is 0 Å². The van der Waals surface area contributed by atoms with Gasteiger partial charge in [-0.3, -0.25) is 7.85 Å². The molecular weight excluding hydrogens is 584 g/mol. The van der Waals surface area contributed by atoms with E-state index in [1.165, 1.54) is 57.4 Å². The maximum atomic E-state index is 3.41. The number of hydrogen-bond donors (Lipinski definition) is 0. The fraction of sp³-hybridized carbons (Fsp3) is 0.0909. The van der Waals surface area contributed by atoms with Gasteiger partial charge in [-0.05, 0) is 75.9 Å². The Morgan fingerprint density at radius 1 is 0.514 bits per heavy atom. The highest BCUT2D eigenvalue weighted by Crippen LogP contribution is 2.43. The molecule has 3 aliphatic rings. The molecule has 0 fully saturated rings. The van der Waals surface area contributed by atoms with Crippen molar-refractivity contribution in [1.29, 1.82) is 0 Å². The summed E-state index contributed by atoms with van der Waals surface area (Å²) in [5.74, 6) is 0. The van der Waals surface area contributed by atoms with Crippen LogP contribution in [0.25, 0.3) is 23.3 Å². The van der Waals surface area contributed by atoms with E-state index in [9.17, 15) is 0 Å². The van der Waals surface area contributed by atoms with Gasteiger partial charge in [-0.15, -0.1) is 0 Å². The van der Waals surface area contributed by atoms with Crippen LogP contribution in [0.4, 0.5) is 11.4 Å². The van der Waals surface area contributed by atoms with Crippen LogP contribution in [-0.2, 0) is 6.42 Å². The van der Waals surface area contributed by atoms with Crippen molar-refractivity contribution in [3.8, 4) is 0 Å². The number of benzene rings is 4. The van der Waals surface area contributed by atoms with Crippen molar-refractivity contribution in [2.24, 2.45) is 0 Å². The Hall–Kier alpha value is -3.34. The monoisotopic (exact) mass is 608 g/mol. The van der Waals surface area contributed by atoms with Crippen LogP contribution in [-0.4, -0.2) is 0 Å². The van der Waals surface area contributed by atoms with Gasteiger partial charge in [0, 0.05) is 12.4 Å². The van der Waals surface area contributed by atoms with Gasteiger partial charge in [0.1, 0.15) is 0 Å². The molecule has 37 heavy (non-hydrogen) atoms. The summed E-state index contributed by atoms with van der Waals surface area (Å²) in [7, 11) is 0. The molecule has 1 heterocycles. The van der Waals surface area contributed by atoms with Crippen molar-refractivity contribution in [2.45, 2.75) is 19.3 Å². The van der Waals surface area contributed by atoms with Crippen LogP contribution in [0.5, 0.6) is 0 Å². The standard InChI is InChI=1S/C25H20.C8H6Br2N2/c1-4-12-21-18(8-1)11-7-15-24(21)25-22-13-5-2-9-19(22)16-17-20-10-3-6-14-23(20)25;9-11-5-6-12(10)8-4-2-1-3-7(8)11/h1-6,8-10,12-14,16-17H,7,11,15H2;1-6H. The molecule has 0 radical (unpaired) electrons. The molecule has 0 unspecified atom stereocenters. The summed E-state index contributed by atoms with van der Waals surface area (Å²) in [6, 6.07) is 34.7. The number of hydrogen-bond acceptors (Lipinski definition) is 2. The van der Waals surface area contributed by atoms with Gasteiger partial charge in [0.25, 0.3) is 0 Å². The molecule has 4 heteroatoms. The third-order valence-electron chi connectivity index (χ3n) is 7.09. The Labute approximate surface area is 235 Å². The normalized spacial score (nSPS) is 15.1. The molecule has 0 amide bonds. The second-order valence-corrected chi connectivity index (χ2v) is 10.8. The number of halogens is 2. The zero-order valence-corrected chi connectivity index (χ0v) is 23.5. The summed E-state index contributed by atoms with van der Waals surface area (Å²) in [5, 5.41) is 0. The molecule has 7 rings (SSSR count). The van der Waals surface area contributed by atoms with Crippen molar-refractivity contribution in [3.05, 3.63) is 143 Å². The minimum atomic E-state index is 1.12. The lowest BCUT2D eigenvalue weighted by molar-refractivity contribution is 0.823. The van der Waals surface area contributed by atoms with Crippen LogP contribution < -0.4 is 7.85 Å². The lowest BCUT2D eigenvalue weighted by Gasteiger charge is -2.24. The van der Waals surface area contributed by atoms with Crippen LogP contribution in [0.1, 0.15) is 46.2 Å². The van der Waals surface area contributed by atoms with E-state index in [-0.39, 0.29) is 0 Å². The van der Waals surface area contributed by atoms with Gasteiger partial charge in [0.15, 0.2) is 0 Å². The summed E-state index contributed by atoms with van der Waals surface area (Å²) in [6.07, 6.45) is 11.9. The second-order valence-electron chi connectivity index (χ2n) is 9.28. The van der Waals surface area contributed by atoms with E-state index in [0.717, 1.165) is 17.8 Å². The molecule has 0 spiro atoms. The van der Waals surface area contributed by atoms with Gasteiger partial charge < -0.3 is 0 Å². The third kappa shape index (κ3) is 4.72. The van der Waals surface area contributed by atoms with E-state index >= 15 is 0 Å². The Morgan fingerprint density at radius 2 is 1.00 bits per heavy atom. The number of rotatable bonds is 0. The van der Waals surface area contributed by atoms with Gasteiger partial charge in [0.05, 0.1) is 43.7 Å². The molecule has 1 aliphatic heterocycles. The predicted molar refractivity (Wildman–Crippen MR) is 166 cm³/mol. The summed E-state index contributed by atoms with van der Waals surface area (Å²) < 4.78 is 3.81. The fourth-order valence-corrected chi connectivity index (χ4v) is 6.19. The smallest absolute Gasteiger partial charge is 0.0764 e. The molecule has 0 saturated carbocycles. The van der Waals surface area contributed by atoms with E-state index in [2.05, 4.69) is 117 Å². The van der Waals surface area contributed by atoms with Crippen LogP contribution in [0.3, 0.4) is 0 Å². The molecule has 4 aromatic rings. The molecule has 0 atom stereocenters. The van der Waals surface area contributed by atoms with E-state index in [1.807, 2.05) is 44.5 Å². The van der Waals surface area contributed by atoms with Gasteiger partial charge in [-0.25, -0.2) is 0 Å². The third-order valence-corrected chi connectivity index (χ3v) is 8.33. The highest BCUT2D eigenvalue weighted by atomic mass is 79.9. The average Bonchev–Trinajstić information content (AvgIpc) is 3.12. The molecule has 0 saturated heterocycles. The molecule has 0 bridgehead atoms. The van der Waals surface area contributed by atoms with Gasteiger partial charge >= 0.3 is 0 Å². The Morgan fingerprint density at radius 3 is 1.59 bits per heavy atom. The van der Waals surface area contributed by atoms with Crippen LogP contribution in [0.15, 0.2) is 109 Å². The van der Waals surface area contributed by atoms with Crippen molar-refractivity contribution in [2.75, 3.05) is 7.85 Å². The lowest BCUT2D eigenvalue weighted by atomic mass is 9.80. The number of allylic oxidation sites excluding steroid dienone is 1. The molecule has 2 aliphatic carbocycles. The first-order valence-corrected chi connectivity index (χ1v) is 14.0. The summed E-state index contributed by atoms with van der Waals surface area (Å²) >= 11 is 6.83. The predicted octanol–water partition coefficient (Wildman–Crippen LogP) is 9.87. The van der Waals surface area contributed by atoms with Crippen LogP contribution >= 0.6 is 32.3 Å². The average molecular weight is 610 g/mol. The Kier molecular flexibility index (Phi) is 6.86. The zero-order valence-electron chi connectivity index (χ0n) is 20.3. The topological polar surface area (TPSA) is 6.48 Å². The highest BCUT2D eigenvalue weighted by Gasteiger charge is 2.23. The largest absolute Gasteiger partial charge is 0.281 e. The van der Waals surface area contributed by atoms with Gasteiger partial charge in [-0.2, -0.15) is 0 Å². The van der Waals surface area contributed by atoms with E-state index in [1.54, 1.807) is 0 Å². The number of aryl methyl sites for hydroxylation is 1. The Balaban J connectivity index is 0.000000176. The van der Waals surface area contributed by atoms with Gasteiger partial charge in [-0.1, -0.05) is 97.1 Å². The zero-order chi connectivity index (χ0) is 25.2. The van der Waals surface area contributed by atoms with E-state index in [4.69, 9.17) is 0 Å². The van der Waals surface area contributed by atoms with Crippen molar-refractivity contribution >= 4 is 67.0 Å². The molecule has 4 aromatic carbocycles.